The van der Waals surface area contributed by atoms with Gasteiger partial charge >= 0.3 is 0 Å². The summed E-state index contributed by atoms with van der Waals surface area (Å²) in [5, 5.41) is 2.57. The number of hydrogen-bond acceptors (Lipinski definition) is 7. The first-order chi connectivity index (χ1) is 15.9. The van der Waals surface area contributed by atoms with Crippen LogP contribution in [0, 0.1) is 6.92 Å². The Labute approximate surface area is 206 Å². The Kier molecular flexibility index (Phi) is 7.46. The minimum atomic E-state index is -0.566. The molecule has 33 heavy (non-hydrogen) atoms. The topological polar surface area (TPSA) is 83.4 Å². The summed E-state index contributed by atoms with van der Waals surface area (Å²) in [6.07, 6.45) is 0. The van der Waals surface area contributed by atoms with E-state index in [0.717, 1.165) is 28.8 Å². The van der Waals surface area contributed by atoms with Gasteiger partial charge in [-0.2, -0.15) is 4.99 Å². The third-order valence-corrected chi connectivity index (χ3v) is 7.20. The highest BCUT2D eigenvalue weighted by atomic mass is 32.2. The first-order valence-corrected chi connectivity index (χ1v) is 12.6. The minimum Gasteiger partial charge on any atom is -0.494 e. The van der Waals surface area contributed by atoms with Crippen LogP contribution in [0.15, 0.2) is 58.5 Å². The number of aryl methyl sites for hydroxylation is 1. The van der Waals surface area contributed by atoms with Crippen LogP contribution >= 0.6 is 35.7 Å². The van der Waals surface area contributed by atoms with Crippen molar-refractivity contribution in [2.75, 3.05) is 17.3 Å². The van der Waals surface area contributed by atoms with E-state index in [9.17, 15) is 9.59 Å². The van der Waals surface area contributed by atoms with E-state index in [-0.39, 0.29) is 22.7 Å². The molecule has 2 amide bonds. The van der Waals surface area contributed by atoms with Crippen LogP contribution in [-0.2, 0) is 16.1 Å². The van der Waals surface area contributed by atoms with Gasteiger partial charge in [-0.1, -0.05) is 65.6 Å². The lowest BCUT2D eigenvalue weighted by Gasteiger charge is -2.21. The van der Waals surface area contributed by atoms with Crippen LogP contribution in [0.2, 0.25) is 0 Å². The number of hydrogen-bond donors (Lipinski definition) is 1. The number of amidine groups is 2. The molecule has 2 aliphatic rings. The number of fused-ring (bicyclic) bond motifs is 1. The maximum atomic E-state index is 12.6. The molecule has 7 nitrogen and oxygen atoms in total. The molecule has 10 heteroatoms. The number of anilines is 1. The Morgan fingerprint density at radius 3 is 2.61 bits per heavy atom. The summed E-state index contributed by atoms with van der Waals surface area (Å²) in [4.78, 5) is 35.3. The van der Waals surface area contributed by atoms with E-state index >= 15 is 0 Å². The minimum absolute atomic E-state index is 0.111. The predicted octanol–water partition coefficient (Wildman–Crippen LogP) is 3.94. The van der Waals surface area contributed by atoms with Gasteiger partial charge in [0.15, 0.2) is 10.4 Å². The second-order valence-electron chi connectivity index (χ2n) is 7.28. The normalized spacial score (nSPS) is 17.4. The van der Waals surface area contributed by atoms with Gasteiger partial charge in [0.2, 0.25) is 5.91 Å². The van der Waals surface area contributed by atoms with Crippen LogP contribution in [0.1, 0.15) is 18.1 Å². The van der Waals surface area contributed by atoms with Crippen molar-refractivity contribution in [3.05, 3.63) is 59.7 Å². The van der Waals surface area contributed by atoms with Crippen molar-refractivity contribution < 1.29 is 14.3 Å². The van der Waals surface area contributed by atoms with Crippen molar-refractivity contribution >= 4 is 68.6 Å². The van der Waals surface area contributed by atoms with Gasteiger partial charge in [0.1, 0.15) is 15.9 Å². The molecule has 170 valence electrons. The number of rotatable bonds is 7. The van der Waals surface area contributed by atoms with Gasteiger partial charge in [-0.3, -0.25) is 14.5 Å². The van der Waals surface area contributed by atoms with E-state index in [4.69, 9.17) is 17.0 Å². The fourth-order valence-electron chi connectivity index (χ4n) is 3.21. The molecule has 2 aromatic rings. The highest BCUT2D eigenvalue weighted by Gasteiger charge is 2.43. The molecule has 0 aromatic heterocycles. The molecule has 0 radical (unpaired) electrons. The number of carbonyl (C=O) groups excluding carboxylic acids is 2. The van der Waals surface area contributed by atoms with Crippen molar-refractivity contribution in [2.24, 2.45) is 9.98 Å². The van der Waals surface area contributed by atoms with Gasteiger partial charge in [-0.05, 0) is 43.7 Å². The van der Waals surface area contributed by atoms with E-state index in [2.05, 4.69) is 15.3 Å². The number of amides is 2. The van der Waals surface area contributed by atoms with Gasteiger partial charge in [0.25, 0.3) is 5.91 Å². The SMILES string of the molecule is CCOc1ccc(N2C(=S)SC3C(=O)N=C(SCC(=O)NCc4ccc(C)cc4)N=C32)cc1. The van der Waals surface area contributed by atoms with Gasteiger partial charge < -0.3 is 10.1 Å². The molecule has 2 heterocycles. The lowest BCUT2D eigenvalue weighted by Crippen LogP contribution is -2.37. The van der Waals surface area contributed by atoms with Gasteiger partial charge in [0.05, 0.1) is 12.4 Å². The first-order valence-electron chi connectivity index (χ1n) is 10.3. The molecule has 4 rings (SSSR count). The number of benzene rings is 2. The number of nitrogens with zero attached hydrogens (tertiary/aromatic N) is 3. The summed E-state index contributed by atoms with van der Waals surface area (Å²) in [5.74, 6) is 0.921. The molecule has 1 fully saturated rings. The van der Waals surface area contributed by atoms with E-state index < -0.39 is 5.25 Å². The van der Waals surface area contributed by atoms with Crippen molar-refractivity contribution in [1.82, 2.24) is 5.32 Å². The molecule has 2 aromatic carbocycles. The molecular formula is C23H22N4O3S3. The second kappa shape index (κ2) is 10.5. The number of ether oxygens (including phenoxy) is 1. The predicted molar refractivity (Wildman–Crippen MR) is 139 cm³/mol. The number of thiocarbonyl (C=S) groups is 1. The molecule has 0 aliphatic carbocycles. The maximum Gasteiger partial charge on any atom is 0.269 e. The summed E-state index contributed by atoms with van der Waals surface area (Å²) in [5.41, 5.74) is 2.99. The third kappa shape index (κ3) is 5.63. The number of carbonyl (C=O) groups is 2. The Balaban J connectivity index is 1.41. The van der Waals surface area contributed by atoms with Crippen LogP contribution in [0.3, 0.4) is 0 Å². The van der Waals surface area contributed by atoms with Crippen molar-refractivity contribution in [1.29, 1.82) is 0 Å². The molecule has 2 aliphatic heterocycles. The summed E-state index contributed by atoms with van der Waals surface area (Å²) in [6, 6.07) is 15.4. The van der Waals surface area contributed by atoms with Crippen LogP contribution in [0.4, 0.5) is 5.69 Å². The maximum absolute atomic E-state index is 12.6. The Morgan fingerprint density at radius 2 is 1.91 bits per heavy atom. The average molecular weight is 499 g/mol. The van der Waals surface area contributed by atoms with Gasteiger partial charge in [0, 0.05) is 12.2 Å². The average Bonchev–Trinajstić information content (AvgIpc) is 3.14. The standard InChI is InChI=1S/C23H22N4O3S3/c1-3-30-17-10-8-16(9-11-17)27-20-19(33-23(27)31)21(29)26-22(25-20)32-13-18(28)24-12-15-6-4-14(2)5-7-15/h4-11,19H,3,12-13H2,1-2H3,(H,24,28). The molecule has 1 unspecified atom stereocenters. The zero-order valence-corrected chi connectivity index (χ0v) is 20.6. The summed E-state index contributed by atoms with van der Waals surface area (Å²) in [7, 11) is 0. The van der Waals surface area contributed by atoms with Crippen LogP contribution in [0.25, 0.3) is 0 Å². The lowest BCUT2D eigenvalue weighted by atomic mass is 10.1. The van der Waals surface area contributed by atoms with Crippen molar-refractivity contribution in [3.63, 3.8) is 0 Å². The Hall–Kier alpha value is -2.69. The fourth-order valence-corrected chi connectivity index (χ4v) is 5.30. The zero-order chi connectivity index (χ0) is 23.4. The summed E-state index contributed by atoms with van der Waals surface area (Å²) >= 11 is 7.90. The molecule has 0 saturated carbocycles. The van der Waals surface area contributed by atoms with Crippen molar-refractivity contribution in [2.45, 2.75) is 25.6 Å². The van der Waals surface area contributed by atoms with E-state index in [1.165, 1.54) is 17.3 Å². The second-order valence-corrected chi connectivity index (χ2v) is 9.96. The smallest absolute Gasteiger partial charge is 0.269 e. The molecule has 1 atom stereocenters. The van der Waals surface area contributed by atoms with E-state index in [1.54, 1.807) is 4.90 Å². The Bertz CT molecular complexity index is 1130. The van der Waals surface area contributed by atoms with Crippen LogP contribution in [0.5, 0.6) is 5.75 Å². The van der Waals surface area contributed by atoms with E-state index in [1.807, 2.05) is 62.4 Å². The first kappa shape index (κ1) is 23.5. The molecule has 1 N–H and O–H groups in total. The molecule has 1 saturated heterocycles. The highest BCUT2D eigenvalue weighted by molar-refractivity contribution is 8.25. The fraction of sp³-hybridized carbons (Fsp3) is 0.261. The van der Waals surface area contributed by atoms with Crippen LogP contribution < -0.4 is 15.0 Å². The summed E-state index contributed by atoms with van der Waals surface area (Å²) in [6.45, 7) is 4.96. The highest BCUT2D eigenvalue weighted by Crippen LogP contribution is 2.36. The van der Waals surface area contributed by atoms with Gasteiger partial charge in [-0.25, -0.2) is 4.99 Å². The monoisotopic (exact) mass is 498 g/mol. The van der Waals surface area contributed by atoms with Crippen molar-refractivity contribution in [3.8, 4) is 5.75 Å². The lowest BCUT2D eigenvalue weighted by molar-refractivity contribution is -0.119. The molecule has 0 bridgehead atoms. The third-order valence-electron chi connectivity index (χ3n) is 4.85. The number of nitrogens with one attached hydrogen (secondary N) is 1. The number of thioether (sulfide) groups is 2. The zero-order valence-electron chi connectivity index (χ0n) is 18.1. The van der Waals surface area contributed by atoms with E-state index in [0.29, 0.717) is 23.3 Å². The summed E-state index contributed by atoms with van der Waals surface area (Å²) < 4.78 is 6.03. The molecule has 0 spiro atoms. The van der Waals surface area contributed by atoms with Crippen LogP contribution in [-0.4, -0.2) is 44.7 Å². The largest absolute Gasteiger partial charge is 0.494 e. The number of aliphatic imine (C=N–C) groups is 2. The van der Waals surface area contributed by atoms with Gasteiger partial charge in [-0.15, -0.1) is 0 Å². The Morgan fingerprint density at radius 1 is 1.18 bits per heavy atom. The quantitative estimate of drug-likeness (QED) is 0.579. The molecular weight excluding hydrogens is 476 g/mol.